The quantitative estimate of drug-likeness (QED) is 0.301. The number of rotatable bonds is 7. The Kier molecular flexibility index (Phi) is 6.06. The SMILES string of the molecule is COc1ccc(NC(=O)c2ccc(NC(=O)CSc3nnc4c5nncn5c5ccccc5n34)cc2)cc1. The summed E-state index contributed by atoms with van der Waals surface area (Å²) in [5, 5.41) is 23.0. The summed E-state index contributed by atoms with van der Waals surface area (Å²) in [4.78, 5) is 25.2. The van der Waals surface area contributed by atoms with Gasteiger partial charge in [0.2, 0.25) is 17.2 Å². The molecule has 2 amide bonds. The second-order valence-electron chi connectivity index (χ2n) is 8.25. The van der Waals surface area contributed by atoms with Crippen molar-refractivity contribution in [1.82, 2.24) is 29.2 Å². The lowest BCUT2D eigenvalue weighted by Crippen LogP contribution is -2.15. The third-order valence-electron chi connectivity index (χ3n) is 5.87. The molecule has 0 aliphatic carbocycles. The number of fused-ring (bicyclic) bond motifs is 6. The van der Waals surface area contributed by atoms with Gasteiger partial charge in [0.05, 0.1) is 23.9 Å². The monoisotopic (exact) mass is 524 g/mol. The molecule has 188 valence electrons. The summed E-state index contributed by atoms with van der Waals surface area (Å²) in [6.07, 6.45) is 1.64. The minimum Gasteiger partial charge on any atom is -0.497 e. The van der Waals surface area contributed by atoms with E-state index in [1.165, 1.54) is 11.8 Å². The molecule has 0 bridgehead atoms. The normalized spacial score (nSPS) is 11.2. The fourth-order valence-corrected chi connectivity index (χ4v) is 4.80. The third kappa shape index (κ3) is 4.37. The second kappa shape index (κ2) is 9.82. The highest BCUT2D eigenvalue weighted by atomic mass is 32.2. The number of amides is 2. The number of carbonyl (C=O) groups excluding carboxylic acids is 2. The van der Waals surface area contributed by atoms with Crippen LogP contribution in [0.5, 0.6) is 5.75 Å². The van der Waals surface area contributed by atoms with Crippen LogP contribution in [-0.2, 0) is 4.79 Å². The molecule has 0 radical (unpaired) electrons. The van der Waals surface area contributed by atoms with Gasteiger partial charge in [0.15, 0.2) is 5.16 Å². The Morgan fingerprint density at radius 3 is 2.32 bits per heavy atom. The Morgan fingerprint density at radius 2 is 1.55 bits per heavy atom. The molecule has 11 nitrogen and oxygen atoms in total. The van der Waals surface area contributed by atoms with Gasteiger partial charge in [-0.2, -0.15) is 0 Å². The van der Waals surface area contributed by atoms with Gasteiger partial charge in [-0.25, -0.2) is 0 Å². The van der Waals surface area contributed by atoms with Crippen LogP contribution in [0.2, 0.25) is 0 Å². The summed E-state index contributed by atoms with van der Waals surface area (Å²) >= 11 is 1.27. The standard InChI is InChI=1S/C26H20N8O3S/c1-37-19-12-10-18(11-13-19)29-25(36)16-6-8-17(9-7-16)28-22(35)14-38-26-32-31-24-23-30-27-15-33(23)20-4-2-3-5-21(20)34(24)26/h2-13,15H,14H2,1H3,(H,28,35)(H,29,36). The van der Waals surface area contributed by atoms with E-state index in [0.717, 1.165) is 11.0 Å². The molecule has 0 saturated heterocycles. The summed E-state index contributed by atoms with van der Waals surface area (Å²) in [6.45, 7) is 0. The lowest BCUT2D eigenvalue weighted by molar-refractivity contribution is -0.113. The molecule has 0 unspecified atom stereocenters. The zero-order chi connectivity index (χ0) is 26.1. The summed E-state index contributed by atoms with van der Waals surface area (Å²) in [5.41, 5.74) is 4.64. The molecule has 3 heterocycles. The zero-order valence-electron chi connectivity index (χ0n) is 20.0. The van der Waals surface area contributed by atoms with Crippen LogP contribution in [-0.4, -0.2) is 53.9 Å². The third-order valence-corrected chi connectivity index (χ3v) is 6.80. The number of benzene rings is 3. The van der Waals surface area contributed by atoms with Crippen LogP contribution < -0.4 is 15.4 Å². The van der Waals surface area contributed by atoms with Gasteiger partial charge in [0, 0.05) is 16.9 Å². The Morgan fingerprint density at radius 1 is 0.842 bits per heavy atom. The first kappa shape index (κ1) is 23.4. The fraction of sp³-hybridized carbons (Fsp3) is 0.0769. The summed E-state index contributed by atoms with van der Waals surface area (Å²) < 4.78 is 8.87. The van der Waals surface area contributed by atoms with Crippen molar-refractivity contribution >= 4 is 57.3 Å². The van der Waals surface area contributed by atoms with E-state index in [9.17, 15) is 9.59 Å². The van der Waals surface area contributed by atoms with Crippen LogP contribution in [0, 0.1) is 0 Å². The Hall–Kier alpha value is -4.97. The van der Waals surface area contributed by atoms with Crippen molar-refractivity contribution in [2.45, 2.75) is 5.16 Å². The van der Waals surface area contributed by atoms with E-state index in [0.29, 0.717) is 39.1 Å². The smallest absolute Gasteiger partial charge is 0.255 e. The van der Waals surface area contributed by atoms with Crippen LogP contribution in [0.3, 0.4) is 0 Å². The molecule has 0 fully saturated rings. The molecular formula is C26H20N8O3S. The topological polar surface area (TPSA) is 128 Å². The number of nitrogens with zero attached hydrogens (tertiary/aromatic N) is 6. The molecule has 3 aromatic carbocycles. The van der Waals surface area contributed by atoms with Crippen LogP contribution in [0.15, 0.2) is 84.3 Å². The number of aromatic nitrogens is 6. The van der Waals surface area contributed by atoms with Gasteiger partial charge in [0.25, 0.3) is 5.91 Å². The molecule has 3 aromatic heterocycles. The predicted octanol–water partition coefficient (Wildman–Crippen LogP) is 3.92. The number of ether oxygens (including phenoxy) is 1. The van der Waals surface area contributed by atoms with Gasteiger partial charge in [-0.15, -0.1) is 20.4 Å². The molecule has 2 N–H and O–H groups in total. The average molecular weight is 525 g/mol. The number of methoxy groups -OCH3 is 1. The highest BCUT2D eigenvalue weighted by Crippen LogP contribution is 2.25. The van der Waals surface area contributed by atoms with E-state index in [-0.39, 0.29) is 17.6 Å². The number of hydrogen-bond donors (Lipinski definition) is 2. The number of para-hydroxylation sites is 2. The molecule has 6 aromatic rings. The number of carbonyl (C=O) groups is 2. The van der Waals surface area contributed by atoms with E-state index in [1.54, 1.807) is 62.0 Å². The fourth-order valence-electron chi connectivity index (χ4n) is 4.06. The number of thioether (sulfide) groups is 1. The van der Waals surface area contributed by atoms with Crippen molar-refractivity contribution in [2.24, 2.45) is 0 Å². The van der Waals surface area contributed by atoms with Crippen molar-refractivity contribution < 1.29 is 14.3 Å². The highest BCUT2D eigenvalue weighted by Gasteiger charge is 2.17. The lowest BCUT2D eigenvalue weighted by Gasteiger charge is -2.09. The molecule has 38 heavy (non-hydrogen) atoms. The minimum atomic E-state index is -0.253. The van der Waals surface area contributed by atoms with E-state index in [4.69, 9.17) is 4.74 Å². The van der Waals surface area contributed by atoms with Crippen molar-refractivity contribution in [3.05, 3.63) is 84.7 Å². The van der Waals surface area contributed by atoms with E-state index in [2.05, 4.69) is 31.0 Å². The predicted molar refractivity (Wildman–Crippen MR) is 144 cm³/mol. The van der Waals surface area contributed by atoms with Crippen LogP contribution in [0.25, 0.3) is 22.3 Å². The van der Waals surface area contributed by atoms with Crippen LogP contribution in [0.4, 0.5) is 11.4 Å². The van der Waals surface area contributed by atoms with E-state index in [1.807, 2.05) is 33.1 Å². The lowest BCUT2D eigenvalue weighted by atomic mass is 10.2. The maximum Gasteiger partial charge on any atom is 0.255 e. The highest BCUT2D eigenvalue weighted by molar-refractivity contribution is 7.99. The van der Waals surface area contributed by atoms with E-state index < -0.39 is 0 Å². The Bertz CT molecular complexity index is 1800. The molecular weight excluding hydrogens is 504 g/mol. The first-order valence-electron chi connectivity index (χ1n) is 11.5. The van der Waals surface area contributed by atoms with Gasteiger partial charge in [-0.05, 0) is 60.7 Å². The molecule has 0 aliphatic heterocycles. The van der Waals surface area contributed by atoms with Gasteiger partial charge in [-0.3, -0.25) is 18.4 Å². The van der Waals surface area contributed by atoms with Gasteiger partial charge >= 0.3 is 0 Å². The average Bonchev–Trinajstić information content (AvgIpc) is 3.61. The summed E-state index contributed by atoms with van der Waals surface area (Å²) in [5.74, 6) is 0.359. The second-order valence-corrected chi connectivity index (χ2v) is 9.19. The maximum absolute atomic E-state index is 12.7. The van der Waals surface area contributed by atoms with Crippen LogP contribution in [0.1, 0.15) is 10.4 Å². The summed E-state index contributed by atoms with van der Waals surface area (Å²) in [6, 6.07) is 21.5. The number of hydrogen-bond acceptors (Lipinski definition) is 8. The van der Waals surface area contributed by atoms with Crippen molar-refractivity contribution in [3.63, 3.8) is 0 Å². The molecule has 0 atom stereocenters. The molecule has 12 heteroatoms. The first-order valence-corrected chi connectivity index (χ1v) is 12.5. The first-order chi connectivity index (χ1) is 18.6. The van der Waals surface area contributed by atoms with Gasteiger partial charge < -0.3 is 15.4 Å². The number of anilines is 2. The minimum absolute atomic E-state index is 0.118. The largest absolute Gasteiger partial charge is 0.497 e. The molecule has 0 aliphatic rings. The Balaban J connectivity index is 1.12. The van der Waals surface area contributed by atoms with Crippen LogP contribution >= 0.6 is 11.8 Å². The van der Waals surface area contributed by atoms with Crippen molar-refractivity contribution in [1.29, 1.82) is 0 Å². The maximum atomic E-state index is 12.7. The Labute approximate surface area is 219 Å². The van der Waals surface area contributed by atoms with Gasteiger partial charge in [0.1, 0.15) is 12.1 Å². The molecule has 0 saturated carbocycles. The van der Waals surface area contributed by atoms with E-state index >= 15 is 0 Å². The van der Waals surface area contributed by atoms with Crippen molar-refractivity contribution in [2.75, 3.05) is 23.5 Å². The molecule has 0 spiro atoms. The van der Waals surface area contributed by atoms with Crippen molar-refractivity contribution in [3.8, 4) is 5.75 Å². The van der Waals surface area contributed by atoms with Gasteiger partial charge in [-0.1, -0.05) is 23.9 Å². The zero-order valence-corrected chi connectivity index (χ0v) is 20.8. The summed E-state index contributed by atoms with van der Waals surface area (Å²) in [7, 11) is 1.58. The number of nitrogens with one attached hydrogen (secondary N) is 2. The molecule has 6 rings (SSSR count).